The van der Waals surface area contributed by atoms with E-state index in [2.05, 4.69) is 9.97 Å². The number of pyridine rings is 2. The van der Waals surface area contributed by atoms with Gasteiger partial charge in [0.25, 0.3) is 11.4 Å². The van der Waals surface area contributed by atoms with E-state index in [1.54, 1.807) is 0 Å². The van der Waals surface area contributed by atoms with Gasteiger partial charge >= 0.3 is 12.4 Å². The third-order valence-electron chi connectivity index (χ3n) is 2.84. The largest absolute Gasteiger partial charge is 0.419 e. The number of aromatic nitrogens is 2. The molecule has 0 aromatic carbocycles. The van der Waals surface area contributed by atoms with Crippen molar-refractivity contribution in [3.05, 3.63) is 66.7 Å². The van der Waals surface area contributed by atoms with Gasteiger partial charge in [-0.3, -0.25) is 24.9 Å². The summed E-state index contributed by atoms with van der Waals surface area (Å²) in [6.45, 7) is 0. The maximum atomic E-state index is 12.3. The highest BCUT2D eigenvalue weighted by atomic mass is 35.5. The van der Waals surface area contributed by atoms with Crippen LogP contribution in [0.25, 0.3) is 0 Å². The van der Waals surface area contributed by atoms with E-state index in [0.717, 1.165) is 0 Å². The zero-order chi connectivity index (χ0) is 22.6. The van der Waals surface area contributed by atoms with Crippen LogP contribution in [0.2, 0.25) is 5.15 Å². The zero-order valence-electron chi connectivity index (χ0n) is 13.7. The molecule has 0 aliphatic rings. The Morgan fingerprint density at radius 3 is 1.65 bits per heavy atom. The standard InChI is InChI=1S/C7H2F3N3O2.C6H2ClF3N2O2.CH4.FH/c8-7(9,10)5-1-4(13(14)15)3-12-6(5)2-11;7-5-4(6(8,9)10)1-3(2-11-5)12(13)14;;/h1,3H;1-2H;1H4;1H. The highest BCUT2D eigenvalue weighted by Crippen LogP contribution is 2.35. The molecule has 31 heavy (non-hydrogen) atoms. The van der Waals surface area contributed by atoms with Gasteiger partial charge in [-0.1, -0.05) is 19.0 Å². The minimum atomic E-state index is -4.83. The second-order valence-corrected chi connectivity index (χ2v) is 5.10. The number of rotatable bonds is 2. The summed E-state index contributed by atoms with van der Waals surface area (Å²) < 4.78 is 73.2. The first-order valence-corrected chi connectivity index (χ1v) is 7.05. The number of nitriles is 1. The first-order chi connectivity index (χ1) is 13.2. The van der Waals surface area contributed by atoms with Gasteiger partial charge in [0, 0.05) is 12.1 Å². The Balaban J connectivity index is 0. The summed E-state index contributed by atoms with van der Waals surface area (Å²) in [6, 6.07) is 1.84. The van der Waals surface area contributed by atoms with Crippen molar-refractivity contribution < 1.29 is 40.9 Å². The summed E-state index contributed by atoms with van der Waals surface area (Å²) in [5, 5.41) is 27.9. The van der Waals surface area contributed by atoms with Crippen LogP contribution in [0.5, 0.6) is 0 Å². The van der Waals surface area contributed by atoms with Gasteiger partial charge in [0.1, 0.15) is 23.6 Å². The van der Waals surface area contributed by atoms with Crippen molar-refractivity contribution in [2.75, 3.05) is 0 Å². The number of nitrogens with zero attached hydrogens (tertiary/aromatic N) is 5. The maximum Gasteiger partial charge on any atom is 0.419 e. The molecule has 17 heteroatoms. The molecule has 2 aromatic rings. The van der Waals surface area contributed by atoms with E-state index in [0.29, 0.717) is 18.5 Å². The van der Waals surface area contributed by atoms with E-state index >= 15 is 0 Å². The minimum Gasteiger partial charge on any atom is -0.269 e. The van der Waals surface area contributed by atoms with Crippen molar-refractivity contribution in [3.8, 4) is 6.07 Å². The van der Waals surface area contributed by atoms with Crippen LogP contribution in [0.15, 0.2) is 24.5 Å². The second kappa shape index (κ2) is 11.0. The molecule has 0 saturated heterocycles. The molecule has 0 saturated carbocycles. The molecule has 2 aromatic heterocycles. The van der Waals surface area contributed by atoms with Gasteiger partial charge in [0.05, 0.1) is 21.0 Å². The van der Waals surface area contributed by atoms with Crippen LogP contribution in [-0.2, 0) is 12.4 Å². The molecule has 170 valence electrons. The number of nitro groups is 2. The third-order valence-corrected chi connectivity index (χ3v) is 3.14. The molecule has 9 nitrogen and oxygen atoms in total. The zero-order valence-corrected chi connectivity index (χ0v) is 14.5. The van der Waals surface area contributed by atoms with Crippen molar-refractivity contribution >= 4 is 23.0 Å². The number of halogens is 8. The van der Waals surface area contributed by atoms with Crippen molar-refractivity contribution in [1.82, 2.24) is 9.97 Å². The highest BCUT2D eigenvalue weighted by Gasteiger charge is 2.36. The lowest BCUT2D eigenvalue weighted by atomic mass is 10.2. The predicted molar refractivity (Wildman–Crippen MR) is 90.7 cm³/mol. The van der Waals surface area contributed by atoms with E-state index < -0.39 is 55.5 Å². The molecule has 2 heterocycles. The lowest BCUT2D eigenvalue weighted by Crippen LogP contribution is -2.09. The monoisotopic (exact) mass is 479 g/mol. The Bertz CT molecular complexity index is 992. The van der Waals surface area contributed by atoms with Gasteiger partial charge in [-0.05, 0) is 0 Å². The average Bonchev–Trinajstić information content (AvgIpc) is 2.60. The average molecular weight is 480 g/mol. The Morgan fingerprint density at radius 2 is 1.29 bits per heavy atom. The summed E-state index contributed by atoms with van der Waals surface area (Å²) in [4.78, 5) is 24.5. The number of hydrogen-bond donors (Lipinski definition) is 0. The Labute approximate surface area is 172 Å². The molecular formula is C14H9ClF7N5O4. The molecule has 0 radical (unpaired) electrons. The van der Waals surface area contributed by atoms with E-state index in [4.69, 9.17) is 16.9 Å². The van der Waals surface area contributed by atoms with Crippen LogP contribution in [-0.4, -0.2) is 19.8 Å². The van der Waals surface area contributed by atoms with Crippen LogP contribution in [0, 0.1) is 31.6 Å². The van der Waals surface area contributed by atoms with Gasteiger partial charge in [0.2, 0.25) is 0 Å². The Hall–Kier alpha value is -3.61. The molecule has 0 unspecified atom stereocenters. The van der Waals surface area contributed by atoms with Crippen LogP contribution in [0.1, 0.15) is 24.2 Å². The number of hydrogen-bond acceptors (Lipinski definition) is 7. The van der Waals surface area contributed by atoms with Crippen molar-refractivity contribution in [2.45, 2.75) is 19.8 Å². The predicted octanol–water partition coefficient (Wildman–Crippen LogP) is 5.33. The number of alkyl halides is 6. The van der Waals surface area contributed by atoms with Crippen LogP contribution in [0.4, 0.5) is 42.4 Å². The second-order valence-electron chi connectivity index (χ2n) is 4.74. The van der Waals surface area contributed by atoms with E-state index in [9.17, 15) is 46.6 Å². The van der Waals surface area contributed by atoms with Crippen LogP contribution in [0.3, 0.4) is 0 Å². The minimum absolute atomic E-state index is 0. The highest BCUT2D eigenvalue weighted by molar-refractivity contribution is 6.30. The fraction of sp³-hybridized carbons (Fsp3) is 0.214. The summed E-state index contributed by atoms with van der Waals surface area (Å²) in [6.07, 6.45) is -8.30. The van der Waals surface area contributed by atoms with Gasteiger partial charge < -0.3 is 0 Å². The van der Waals surface area contributed by atoms with Crippen molar-refractivity contribution in [2.24, 2.45) is 0 Å². The molecular weight excluding hydrogens is 471 g/mol. The van der Waals surface area contributed by atoms with Gasteiger partial charge in [0.15, 0.2) is 5.69 Å². The molecule has 0 bridgehead atoms. The quantitative estimate of drug-likeness (QED) is 0.246. The summed E-state index contributed by atoms with van der Waals surface area (Å²) in [5.41, 5.74) is -5.15. The first-order valence-electron chi connectivity index (χ1n) is 6.67. The van der Waals surface area contributed by atoms with Crippen molar-refractivity contribution in [1.29, 1.82) is 5.26 Å². The molecule has 0 N–H and O–H groups in total. The summed E-state index contributed by atoms with van der Waals surface area (Å²) in [5.74, 6) is 0. The van der Waals surface area contributed by atoms with E-state index in [1.807, 2.05) is 0 Å². The molecule has 0 aliphatic heterocycles. The Kier molecular flexibility index (Phi) is 10.5. The third kappa shape index (κ3) is 7.97. The van der Waals surface area contributed by atoms with Crippen LogP contribution < -0.4 is 0 Å². The molecule has 0 amide bonds. The smallest absolute Gasteiger partial charge is 0.269 e. The topological polar surface area (TPSA) is 136 Å². The van der Waals surface area contributed by atoms with E-state index in [-0.39, 0.29) is 18.2 Å². The van der Waals surface area contributed by atoms with Gasteiger partial charge in [-0.15, -0.1) is 0 Å². The molecule has 0 atom stereocenters. The fourth-order valence-corrected chi connectivity index (χ4v) is 1.80. The lowest BCUT2D eigenvalue weighted by Gasteiger charge is -2.06. The summed E-state index contributed by atoms with van der Waals surface area (Å²) >= 11 is 5.13. The lowest BCUT2D eigenvalue weighted by molar-refractivity contribution is -0.385. The SMILES string of the molecule is C.F.N#Cc1ncc([N+](=O)[O-])cc1C(F)(F)F.O=[N+]([O-])c1cnc(Cl)c(C(F)(F)F)c1. The van der Waals surface area contributed by atoms with Crippen molar-refractivity contribution in [3.63, 3.8) is 0 Å². The fourth-order valence-electron chi connectivity index (χ4n) is 1.59. The molecule has 0 spiro atoms. The van der Waals surface area contributed by atoms with Crippen LogP contribution >= 0.6 is 11.6 Å². The summed E-state index contributed by atoms with van der Waals surface area (Å²) in [7, 11) is 0. The van der Waals surface area contributed by atoms with Gasteiger partial charge in [-0.2, -0.15) is 31.6 Å². The molecule has 2 rings (SSSR count). The Morgan fingerprint density at radius 1 is 0.903 bits per heavy atom. The molecule has 0 aliphatic carbocycles. The first kappa shape index (κ1) is 29.6. The van der Waals surface area contributed by atoms with Gasteiger partial charge in [-0.25, -0.2) is 9.97 Å². The normalized spacial score (nSPS) is 10.4. The van der Waals surface area contributed by atoms with E-state index in [1.165, 1.54) is 6.07 Å². The molecule has 0 fully saturated rings. The maximum absolute atomic E-state index is 12.3.